The molecule has 1 rings (SSSR count). The third kappa shape index (κ3) is 5.37. The normalized spacial score (nSPS) is 13.6. The van der Waals surface area contributed by atoms with Gasteiger partial charge in [0.05, 0.1) is 13.2 Å². The molecule has 6 nitrogen and oxygen atoms in total. The molecule has 1 aromatic heterocycles. The number of aliphatic hydroxyl groups is 1. The molecule has 0 aromatic carbocycles. The van der Waals surface area contributed by atoms with Crippen LogP contribution in [0.25, 0.3) is 0 Å². The highest BCUT2D eigenvalue weighted by atomic mass is 32.1. The molecule has 2 atom stereocenters. The molecule has 1 aromatic rings. The quantitative estimate of drug-likeness (QED) is 0.616. The second-order valence-electron chi connectivity index (χ2n) is 4.01. The first-order chi connectivity index (χ1) is 9.04. The summed E-state index contributed by atoms with van der Waals surface area (Å²) in [5.41, 5.74) is 0.826. The van der Waals surface area contributed by atoms with Crippen LogP contribution in [0.2, 0.25) is 0 Å². The van der Waals surface area contributed by atoms with Gasteiger partial charge in [-0.1, -0.05) is 0 Å². The van der Waals surface area contributed by atoms with Crippen LogP contribution in [0.4, 0.5) is 0 Å². The number of hydrogen-bond acceptors (Lipinski definition) is 6. The SMILES string of the molecule is COC(=O)C(CNCC(O)c1ccsc1)NC(C)=O. The van der Waals surface area contributed by atoms with Crippen molar-refractivity contribution in [1.29, 1.82) is 0 Å². The van der Waals surface area contributed by atoms with Gasteiger partial charge in [0, 0.05) is 20.0 Å². The maximum Gasteiger partial charge on any atom is 0.329 e. The summed E-state index contributed by atoms with van der Waals surface area (Å²) < 4.78 is 4.59. The highest BCUT2D eigenvalue weighted by molar-refractivity contribution is 7.07. The molecule has 0 bridgehead atoms. The van der Waals surface area contributed by atoms with Crippen molar-refractivity contribution >= 4 is 23.2 Å². The van der Waals surface area contributed by atoms with E-state index >= 15 is 0 Å². The Balaban J connectivity index is 2.39. The van der Waals surface area contributed by atoms with Crippen molar-refractivity contribution in [3.8, 4) is 0 Å². The van der Waals surface area contributed by atoms with Gasteiger partial charge in [-0.3, -0.25) is 4.79 Å². The Morgan fingerprint density at radius 3 is 2.74 bits per heavy atom. The zero-order valence-corrected chi connectivity index (χ0v) is 11.7. The van der Waals surface area contributed by atoms with Crippen LogP contribution in [0.3, 0.4) is 0 Å². The first-order valence-electron chi connectivity index (χ1n) is 5.80. The third-order valence-electron chi connectivity index (χ3n) is 2.48. The van der Waals surface area contributed by atoms with Crippen LogP contribution in [-0.4, -0.2) is 43.2 Å². The molecule has 0 spiro atoms. The van der Waals surface area contributed by atoms with E-state index in [1.165, 1.54) is 25.4 Å². The minimum Gasteiger partial charge on any atom is -0.467 e. The molecule has 0 aliphatic rings. The van der Waals surface area contributed by atoms with E-state index < -0.39 is 18.1 Å². The predicted molar refractivity (Wildman–Crippen MR) is 71.8 cm³/mol. The number of nitrogens with one attached hydrogen (secondary N) is 2. The summed E-state index contributed by atoms with van der Waals surface area (Å²) in [5, 5.41) is 19.0. The van der Waals surface area contributed by atoms with Gasteiger partial charge < -0.3 is 20.5 Å². The number of esters is 1. The van der Waals surface area contributed by atoms with Gasteiger partial charge in [0.25, 0.3) is 0 Å². The van der Waals surface area contributed by atoms with Crippen LogP contribution in [0.15, 0.2) is 16.8 Å². The maximum atomic E-state index is 11.4. The molecular weight excluding hydrogens is 268 g/mol. The molecule has 0 fully saturated rings. The summed E-state index contributed by atoms with van der Waals surface area (Å²) in [4.78, 5) is 22.4. The molecule has 1 amide bonds. The van der Waals surface area contributed by atoms with E-state index in [9.17, 15) is 14.7 Å². The monoisotopic (exact) mass is 286 g/mol. The number of hydrogen-bond donors (Lipinski definition) is 3. The molecule has 0 aliphatic heterocycles. The van der Waals surface area contributed by atoms with E-state index in [0.29, 0.717) is 6.54 Å². The van der Waals surface area contributed by atoms with E-state index in [1.807, 2.05) is 16.8 Å². The molecule has 0 aliphatic carbocycles. The lowest BCUT2D eigenvalue weighted by atomic mass is 10.2. The summed E-state index contributed by atoms with van der Waals surface area (Å²) in [5.74, 6) is -0.830. The minimum absolute atomic E-state index is 0.202. The summed E-state index contributed by atoms with van der Waals surface area (Å²) in [6, 6.07) is 1.08. The van der Waals surface area contributed by atoms with Crippen LogP contribution in [0.5, 0.6) is 0 Å². The van der Waals surface area contributed by atoms with Gasteiger partial charge in [-0.15, -0.1) is 0 Å². The van der Waals surface area contributed by atoms with Crippen LogP contribution >= 0.6 is 11.3 Å². The van der Waals surface area contributed by atoms with E-state index in [2.05, 4.69) is 15.4 Å². The van der Waals surface area contributed by atoms with Crippen molar-refractivity contribution in [1.82, 2.24) is 10.6 Å². The third-order valence-corrected chi connectivity index (χ3v) is 3.18. The predicted octanol–water partition coefficient (Wildman–Crippen LogP) is 0.0488. The largest absolute Gasteiger partial charge is 0.467 e. The fourth-order valence-corrected chi connectivity index (χ4v) is 2.23. The molecule has 106 valence electrons. The van der Waals surface area contributed by atoms with Crippen LogP contribution in [0.1, 0.15) is 18.6 Å². The average Bonchev–Trinajstić information content (AvgIpc) is 2.89. The fourth-order valence-electron chi connectivity index (χ4n) is 1.53. The van der Waals surface area contributed by atoms with Crippen LogP contribution < -0.4 is 10.6 Å². The first-order valence-corrected chi connectivity index (χ1v) is 6.74. The second kappa shape index (κ2) is 7.88. The lowest BCUT2D eigenvalue weighted by molar-refractivity contribution is -0.144. The number of rotatable bonds is 7. The Kier molecular flexibility index (Phi) is 6.48. The summed E-state index contributed by atoms with van der Waals surface area (Å²) in [6.07, 6.45) is -0.637. The number of carbonyl (C=O) groups excluding carboxylic acids is 2. The lowest BCUT2D eigenvalue weighted by Crippen LogP contribution is -2.47. The highest BCUT2D eigenvalue weighted by Crippen LogP contribution is 2.14. The summed E-state index contributed by atoms with van der Waals surface area (Å²) in [6.45, 7) is 1.83. The lowest BCUT2D eigenvalue weighted by Gasteiger charge is -2.17. The van der Waals surface area contributed by atoms with Crippen molar-refractivity contribution < 1.29 is 19.4 Å². The Morgan fingerprint density at radius 1 is 1.47 bits per heavy atom. The molecular formula is C12H18N2O4S. The Bertz CT molecular complexity index is 408. The molecule has 7 heteroatoms. The van der Waals surface area contributed by atoms with Gasteiger partial charge in [-0.2, -0.15) is 11.3 Å². The standard InChI is InChI=1S/C12H18N2O4S/c1-8(15)14-10(12(17)18-2)5-13-6-11(16)9-3-4-19-7-9/h3-4,7,10-11,13,16H,5-6H2,1-2H3,(H,14,15). The first kappa shape index (κ1) is 15.6. The van der Waals surface area contributed by atoms with Gasteiger partial charge in [0.15, 0.2) is 0 Å². The summed E-state index contributed by atoms with van der Waals surface area (Å²) >= 11 is 1.51. The van der Waals surface area contributed by atoms with Gasteiger partial charge in [-0.05, 0) is 22.4 Å². The van der Waals surface area contributed by atoms with Crippen molar-refractivity contribution in [2.45, 2.75) is 19.1 Å². The number of thiophene rings is 1. The molecule has 2 unspecified atom stereocenters. The van der Waals surface area contributed by atoms with E-state index in [-0.39, 0.29) is 12.5 Å². The maximum absolute atomic E-state index is 11.4. The highest BCUT2D eigenvalue weighted by Gasteiger charge is 2.20. The van der Waals surface area contributed by atoms with Crippen molar-refractivity contribution in [2.24, 2.45) is 0 Å². The zero-order valence-electron chi connectivity index (χ0n) is 10.9. The van der Waals surface area contributed by atoms with Gasteiger partial charge in [-0.25, -0.2) is 4.79 Å². The number of methoxy groups -OCH3 is 1. The zero-order chi connectivity index (χ0) is 14.3. The minimum atomic E-state index is -0.753. The van der Waals surface area contributed by atoms with Crippen molar-refractivity contribution in [2.75, 3.05) is 20.2 Å². The Morgan fingerprint density at radius 2 is 2.21 bits per heavy atom. The molecule has 0 saturated carbocycles. The van der Waals surface area contributed by atoms with Crippen LogP contribution in [0, 0.1) is 0 Å². The van der Waals surface area contributed by atoms with Gasteiger partial charge in [0.1, 0.15) is 6.04 Å². The second-order valence-corrected chi connectivity index (χ2v) is 4.79. The fraction of sp³-hybridized carbons (Fsp3) is 0.500. The molecule has 0 saturated heterocycles. The molecule has 1 heterocycles. The molecule has 19 heavy (non-hydrogen) atoms. The smallest absolute Gasteiger partial charge is 0.329 e. The van der Waals surface area contributed by atoms with Gasteiger partial charge in [0.2, 0.25) is 5.91 Å². The number of aliphatic hydroxyl groups excluding tert-OH is 1. The Labute approximate surface area is 115 Å². The number of carbonyl (C=O) groups is 2. The van der Waals surface area contributed by atoms with Crippen molar-refractivity contribution in [3.63, 3.8) is 0 Å². The van der Waals surface area contributed by atoms with E-state index in [1.54, 1.807) is 0 Å². The Hall–Kier alpha value is -1.44. The topological polar surface area (TPSA) is 87.7 Å². The van der Waals surface area contributed by atoms with Gasteiger partial charge >= 0.3 is 5.97 Å². The number of amides is 1. The van der Waals surface area contributed by atoms with Crippen LogP contribution in [-0.2, 0) is 14.3 Å². The molecule has 3 N–H and O–H groups in total. The van der Waals surface area contributed by atoms with Crippen molar-refractivity contribution in [3.05, 3.63) is 22.4 Å². The summed E-state index contributed by atoms with van der Waals surface area (Å²) in [7, 11) is 1.26. The number of ether oxygens (including phenoxy) is 1. The molecule has 0 radical (unpaired) electrons. The van der Waals surface area contributed by atoms with E-state index in [4.69, 9.17) is 0 Å². The average molecular weight is 286 g/mol. The van der Waals surface area contributed by atoms with E-state index in [0.717, 1.165) is 5.56 Å².